The molecule has 1 aromatic heterocycles. The molecule has 0 aliphatic carbocycles. The predicted molar refractivity (Wildman–Crippen MR) is 119 cm³/mol. The largest absolute Gasteiger partial charge is 0.497 e. The van der Waals surface area contributed by atoms with Crippen molar-refractivity contribution in [3.8, 4) is 22.7 Å². The normalized spacial score (nSPS) is 13.9. The second-order valence-corrected chi connectivity index (χ2v) is 7.77. The number of carbonyl (C=O) groups excluding carboxylic acids is 2. The van der Waals surface area contributed by atoms with Gasteiger partial charge in [0.15, 0.2) is 0 Å². The van der Waals surface area contributed by atoms with E-state index in [9.17, 15) is 9.59 Å². The van der Waals surface area contributed by atoms with Crippen LogP contribution in [0.2, 0.25) is 5.02 Å². The molecule has 1 saturated heterocycles. The Morgan fingerprint density at radius 2 is 1.55 bits per heavy atom. The van der Waals surface area contributed by atoms with Crippen LogP contribution >= 0.6 is 11.6 Å². The van der Waals surface area contributed by atoms with E-state index in [2.05, 4.69) is 0 Å². The lowest BCUT2D eigenvalue weighted by Crippen LogP contribution is -2.50. The molecule has 160 valence electrons. The maximum atomic E-state index is 13.4. The highest BCUT2D eigenvalue weighted by Crippen LogP contribution is 2.25. The van der Waals surface area contributed by atoms with Crippen LogP contribution in [0.1, 0.15) is 17.4 Å². The Morgan fingerprint density at radius 1 is 0.935 bits per heavy atom. The van der Waals surface area contributed by atoms with Gasteiger partial charge in [-0.25, -0.2) is 4.68 Å². The molecule has 2 amide bonds. The molecule has 0 N–H and O–H groups in total. The fourth-order valence-corrected chi connectivity index (χ4v) is 3.73. The molecule has 2 aromatic carbocycles. The van der Waals surface area contributed by atoms with E-state index in [0.29, 0.717) is 42.6 Å². The van der Waals surface area contributed by atoms with Crippen molar-refractivity contribution in [2.24, 2.45) is 0 Å². The first-order valence-corrected chi connectivity index (χ1v) is 10.4. The van der Waals surface area contributed by atoms with Crippen LogP contribution < -0.4 is 4.74 Å². The molecule has 0 unspecified atom stereocenters. The topological polar surface area (TPSA) is 67.7 Å². The number of carbonyl (C=O) groups is 2. The average molecular weight is 439 g/mol. The number of nitrogens with zero attached hydrogens (tertiary/aromatic N) is 4. The predicted octanol–water partition coefficient (Wildman–Crippen LogP) is 3.51. The van der Waals surface area contributed by atoms with Crippen molar-refractivity contribution in [3.63, 3.8) is 0 Å². The van der Waals surface area contributed by atoms with Gasteiger partial charge in [-0.3, -0.25) is 9.59 Å². The standard InChI is InChI=1S/C23H23ClN4O3/c1-16(29)26-11-13-27(14-12-26)23(30)22-15-21(17-3-9-20(31-2)10-4-17)25-28(22)19-7-5-18(24)6-8-19/h3-10,15H,11-14H2,1-2H3. The zero-order valence-corrected chi connectivity index (χ0v) is 18.2. The minimum absolute atomic E-state index is 0.0279. The Balaban J connectivity index is 1.69. The molecule has 8 heteroatoms. The highest BCUT2D eigenvalue weighted by molar-refractivity contribution is 6.30. The molecular weight excluding hydrogens is 416 g/mol. The Morgan fingerprint density at radius 3 is 2.13 bits per heavy atom. The first-order valence-electron chi connectivity index (χ1n) is 10.0. The number of piperazine rings is 1. The Bertz CT molecular complexity index is 1090. The molecule has 0 radical (unpaired) electrons. The van der Waals surface area contributed by atoms with E-state index in [1.54, 1.807) is 46.7 Å². The molecule has 1 aliphatic rings. The number of halogens is 1. The third-order valence-corrected chi connectivity index (χ3v) is 5.65. The van der Waals surface area contributed by atoms with E-state index >= 15 is 0 Å². The summed E-state index contributed by atoms with van der Waals surface area (Å²) in [5, 5.41) is 5.33. The van der Waals surface area contributed by atoms with Crippen LogP contribution in [-0.2, 0) is 4.79 Å². The van der Waals surface area contributed by atoms with Gasteiger partial charge in [-0.15, -0.1) is 0 Å². The molecule has 1 aliphatic heterocycles. The lowest BCUT2D eigenvalue weighted by Gasteiger charge is -2.34. The van der Waals surface area contributed by atoms with Gasteiger partial charge in [0.1, 0.15) is 11.4 Å². The van der Waals surface area contributed by atoms with Crippen molar-refractivity contribution < 1.29 is 14.3 Å². The van der Waals surface area contributed by atoms with E-state index in [1.165, 1.54) is 0 Å². The quantitative estimate of drug-likeness (QED) is 0.625. The van der Waals surface area contributed by atoms with Gasteiger partial charge in [-0.1, -0.05) is 11.6 Å². The molecule has 1 fully saturated rings. The van der Waals surface area contributed by atoms with Crippen LogP contribution in [0.15, 0.2) is 54.6 Å². The number of aromatic nitrogens is 2. The molecule has 7 nitrogen and oxygen atoms in total. The fraction of sp³-hybridized carbons (Fsp3) is 0.261. The van der Waals surface area contributed by atoms with Gasteiger partial charge in [0.05, 0.1) is 18.5 Å². The summed E-state index contributed by atoms with van der Waals surface area (Å²) >= 11 is 6.04. The van der Waals surface area contributed by atoms with Gasteiger partial charge in [0.2, 0.25) is 5.91 Å². The van der Waals surface area contributed by atoms with Crippen molar-refractivity contribution in [2.45, 2.75) is 6.92 Å². The van der Waals surface area contributed by atoms with Crippen molar-refractivity contribution in [2.75, 3.05) is 33.3 Å². The van der Waals surface area contributed by atoms with Gasteiger partial charge >= 0.3 is 0 Å². The third-order valence-electron chi connectivity index (χ3n) is 5.40. The van der Waals surface area contributed by atoms with Gasteiger partial charge in [-0.05, 0) is 54.6 Å². The lowest BCUT2D eigenvalue weighted by atomic mass is 10.1. The maximum Gasteiger partial charge on any atom is 0.272 e. The molecule has 0 saturated carbocycles. The van der Waals surface area contributed by atoms with Crippen molar-refractivity contribution in [1.29, 1.82) is 0 Å². The van der Waals surface area contributed by atoms with Crippen LogP contribution in [0.25, 0.3) is 16.9 Å². The zero-order chi connectivity index (χ0) is 22.0. The number of ether oxygens (including phenoxy) is 1. The summed E-state index contributed by atoms with van der Waals surface area (Å²) < 4.78 is 6.88. The number of amides is 2. The van der Waals surface area contributed by atoms with E-state index in [0.717, 1.165) is 17.0 Å². The lowest BCUT2D eigenvalue weighted by molar-refractivity contribution is -0.130. The summed E-state index contributed by atoms with van der Waals surface area (Å²) in [6.07, 6.45) is 0. The third kappa shape index (κ3) is 4.41. The Labute approximate surface area is 185 Å². The SMILES string of the molecule is COc1ccc(-c2cc(C(=O)N3CCN(C(C)=O)CC3)n(-c3ccc(Cl)cc3)n2)cc1. The molecular formula is C23H23ClN4O3. The summed E-state index contributed by atoms with van der Waals surface area (Å²) in [4.78, 5) is 28.5. The second-order valence-electron chi connectivity index (χ2n) is 7.33. The molecule has 0 atom stereocenters. The molecule has 4 rings (SSSR count). The van der Waals surface area contributed by atoms with E-state index in [1.807, 2.05) is 36.4 Å². The van der Waals surface area contributed by atoms with Gasteiger partial charge in [0, 0.05) is 43.7 Å². The molecule has 0 spiro atoms. The van der Waals surface area contributed by atoms with Crippen LogP contribution in [0.3, 0.4) is 0 Å². The van der Waals surface area contributed by atoms with Crippen LogP contribution in [0.4, 0.5) is 0 Å². The van der Waals surface area contributed by atoms with Crippen LogP contribution in [-0.4, -0.2) is 64.7 Å². The average Bonchev–Trinajstić information content (AvgIpc) is 3.24. The number of hydrogen-bond acceptors (Lipinski definition) is 4. The number of hydrogen-bond donors (Lipinski definition) is 0. The van der Waals surface area contributed by atoms with Crippen LogP contribution in [0, 0.1) is 0 Å². The van der Waals surface area contributed by atoms with Gasteiger partial charge in [0.25, 0.3) is 5.91 Å². The summed E-state index contributed by atoms with van der Waals surface area (Å²) in [5.74, 6) is 0.658. The highest BCUT2D eigenvalue weighted by atomic mass is 35.5. The van der Waals surface area contributed by atoms with Gasteiger partial charge in [-0.2, -0.15) is 5.10 Å². The van der Waals surface area contributed by atoms with E-state index in [4.69, 9.17) is 21.4 Å². The minimum Gasteiger partial charge on any atom is -0.497 e. The van der Waals surface area contributed by atoms with Gasteiger partial charge < -0.3 is 14.5 Å². The van der Waals surface area contributed by atoms with Crippen molar-refractivity contribution in [3.05, 3.63) is 65.3 Å². The second kappa shape index (κ2) is 8.81. The first kappa shape index (κ1) is 20.9. The summed E-state index contributed by atoms with van der Waals surface area (Å²) in [6, 6.07) is 16.5. The smallest absolute Gasteiger partial charge is 0.272 e. The summed E-state index contributed by atoms with van der Waals surface area (Å²) in [7, 11) is 1.62. The molecule has 2 heterocycles. The Kier molecular flexibility index (Phi) is 5.95. The highest BCUT2D eigenvalue weighted by Gasteiger charge is 2.27. The fourth-order valence-electron chi connectivity index (χ4n) is 3.60. The number of rotatable bonds is 4. The maximum absolute atomic E-state index is 13.4. The van der Waals surface area contributed by atoms with Crippen molar-refractivity contribution >= 4 is 23.4 Å². The molecule has 3 aromatic rings. The minimum atomic E-state index is -0.120. The number of methoxy groups -OCH3 is 1. The van der Waals surface area contributed by atoms with E-state index < -0.39 is 0 Å². The zero-order valence-electron chi connectivity index (χ0n) is 17.4. The number of benzene rings is 2. The molecule has 31 heavy (non-hydrogen) atoms. The summed E-state index contributed by atoms with van der Waals surface area (Å²) in [6.45, 7) is 3.58. The van der Waals surface area contributed by atoms with Crippen molar-refractivity contribution in [1.82, 2.24) is 19.6 Å². The first-order chi connectivity index (χ1) is 15.0. The monoisotopic (exact) mass is 438 g/mol. The van der Waals surface area contributed by atoms with E-state index in [-0.39, 0.29) is 11.8 Å². The Hall–Kier alpha value is -3.32. The van der Waals surface area contributed by atoms with Crippen LogP contribution in [0.5, 0.6) is 5.75 Å². The molecule has 0 bridgehead atoms. The summed E-state index contributed by atoms with van der Waals surface area (Å²) in [5.41, 5.74) is 2.77.